The zero-order valence-electron chi connectivity index (χ0n) is 19.4. The quantitative estimate of drug-likeness (QED) is 0.633. The lowest BCUT2D eigenvalue weighted by molar-refractivity contribution is -0.173. The molecule has 170 valence electrons. The number of fused-ring (bicyclic) bond motifs is 5. The molecule has 0 saturated heterocycles. The number of carboxylic acids is 1. The minimum Gasteiger partial charge on any atom is -0.481 e. The fraction of sp³-hybridized carbons (Fsp3) is 0.923. The molecule has 2 N–H and O–H groups in total. The standard InChI is InChI=1S/C26H42O4/c1-5-17-21-14-16(27)10-12-26(21,4)20-11-13-25(3)18(15(2)6-9-22(28)29)7-8-19(25)23(20)24(17)30/h15-21,23,27H,5-14H2,1-4H3,(H,28,29)/t15?,16-,17-,18?,19?,20?,21?,23?,25-,26-/m1/s1. The molecule has 4 saturated carbocycles. The highest BCUT2D eigenvalue weighted by atomic mass is 16.4. The smallest absolute Gasteiger partial charge is 0.303 e. The predicted molar refractivity (Wildman–Crippen MR) is 117 cm³/mol. The van der Waals surface area contributed by atoms with Gasteiger partial charge in [0.05, 0.1) is 6.10 Å². The van der Waals surface area contributed by atoms with E-state index in [1.54, 1.807) is 0 Å². The van der Waals surface area contributed by atoms with Gasteiger partial charge in [0.15, 0.2) is 0 Å². The minimum absolute atomic E-state index is 0.108. The summed E-state index contributed by atoms with van der Waals surface area (Å²) in [4.78, 5) is 25.0. The molecule has 4 fully saturated rings. The van der Waals surface area contributed by atoms with Gasteiger partial charge in [-0.15, -0.1) is 0 Å². The molecular formula is C26H42O4. The van der Waals surface area contributed by atoms with Crippen molar-refractivity contribution < 1.29 is 19.8 Å². The Bertz CT molecular complexity index is 689. The Balaban J connectivity index is 1.62. The topological polar surface area (TPSA) is 74.6 Å². The van der Waals surface area contributed by atoms with Gasteiger partial charge in [0.25, 0.3) is 0 Å². The van der Waals surface area contributed by atoms with Crippen molar-refractivity contribution in [1.82, 2.24) is 0 Å². The lowest BCUT2D eigenvalue weighted by Gasteiger charge is -2.62. The molecule has 4 nitrogen and oxygen atoms in total. The maximum Gasteiger partial charge on any atom is 0.303 e. The van der Waals surface area contributed by atoms with Crippen molar-refractivity contribution in [3.05, 3.63) is 0 Å². The predicted octanol–water partition coefficient (Wildman–Crippen LogP) is 5.32. The number of ketones is 1. The van der Waals surface area contributed by atoms with Gasteiger partial charge < -0.3 is 10.2 Å². The van der Waals surface area contributed by atoms with Crippen LogP contribution < -0.4 is 0 Å². The van der Waals surface area contributed by atoms with Crippen molar-refractivity contribution in [2.24, 2.45) is 52.3 Å². The second kappa shape index (κ2) is 7.90. The van der Waals surface area contributed by atoms with Crippen LogP contribution in [0.3, 0.4) is 0 Å². The molecule has 0 heterocycles. The summed E-state index contributed by atoms with van der Waals surface area (Å²) in [6.07, 6.45) is 9.01. The van der Waals surface area contributed by atoms with Crippen LogP contribution in [0.25, 0.3) is 0 Å². The molecule has 0 aromatic heterocycles. The normalized spacial score (nSPS) is 49.1. The summed E-state index contributed by atoms with van der Waals surface area (Å²) < 4.78 is 0. The average molecular weight is 419 g/mol. The zero-order valence-corrected chi connectivity index (χ0v) is 19.4. The number of carbonyl (C=O) groups excluding carboxylic acids is 1. The molecule has 30 heavy (non-hydrogen) atoms. The van der Waals surface area contributed by atoms with Crippen molar-refractivity contribution in [1.29, 1.82) is 0 Å². The van der Waals surface area contributed by atoms with Gasteiger partial charge in [-0.3, -0.25) is 9.59 Å². The van der Waals surface area contributed by atoms with E-state index in [0.29, 0.717) is 35.4 Å². The monoisotopic (exact) mass is 418 g/mol. The van der Waals surface area contributed by atoms with Crippen LogP contribution in [0.5, 0.6) is 0 Å². The molecule has 10 atom stereocenters. The van der Waals surface area contributed by atoms with E-state index >= 15 is 0 Å². The van der Waals surface area contributed by atoms with Crippen molar-refractivity contribution in [3.8, 4) is 0 Å². The third-order valence-electron chi connectivity index (χ3n) is 10.7. The van der Waals surface area contributed by atoms with Crippen LogP contribution in [-0.2, 0) is 9.59 Å². The summed E-state index contributed by atoms with van der Waals surface area (Å²) in [6, 6.07) is 0. The van der Waals surface area contributed by atoms with Gasteiger partial charge in [-0.1, -0.05) is 27.7 Å². The SMILES string of the molecule is CC[C@H]1C(=O)C2C3CCC(C(C)CCC(=O)O)[C@@]3(C)CCC2[C@@]2(C)CC[C@@H](O)CC12. The summed E-state index contributed by atoms with van der Waals surface area (Å²) in [6.45, 7) is 9.28. The van der Waals surface area contributed by atoms with Crippen LogP contribution in [-0.4, -0.2) is 28.1 Å². The fourth-order valence-corrected chi connectivity index (χ4v) is 9.16. The molecule has 0 aromatic rings. The van der Waals surface area contributed by atoms with Crippen molar-refractivity contribution in [2.45, 2.75) is 98.0 Å². The molecule has 4 rings (SSSR count). The number of hydrogen-bond donors (Lipinski definition) is 2. The number of Topliss-reactive ketones (excluding diaryl/α,β-unsaturated/α-hetero) is 1. The summed E-state index contributed by atoms with van der Waals surface area (Å²) in [5.74, 6) is 2.31. The van der Waals surface area contributed by atoms with Crippen LogP contribution in [0.4, 0.5) is 0 Å². The first-order chi connectivity index (χ1) is 14.1. The Labute approximate surface area is 182 Å². The highest BCUT2D eigenvalue weighted by Crippen LogP contribution is 2.68. The van der Waals surface area contributed by atoms with Gasteiger partial charge in [0.1, 0.15) is 5.78 Å². The number of aliphatic carboxylic acids is 1. The Morgan fingerprint density at radius 2 is 1.73 bits per heavy atom. The van der Waals surface area contributed by atoms with E-state index in [4.69, 9.17) is 5.11 Å². The van der Waals surface area contributed by atoms with E-state index in [1.165, 1.54) is 6.42 Å². The van der Waals surface area contributed by atoms with Crippen molar-refractivity contribution >= 4 is 11.8 Å². The molecule has 0 amide bonds. The Kier molecular flexibility index (Phi) is 5.87. The summed E-state index contributed by atoms with van der Waals surface area (Å²) in [7, 11) is 0. The van der Waals surface area contributed by atoms with Gasteiger partial charge in [-0.05, 0) is 98.2 Å². The van der Waals surface area contributed by atoms with Gasteiger partial charge in [0.2, 0.25) is 0 Å². The summed E-state index contributed by atoms with van der Waals surface area (Å²) in [5.41, 5.74) is 0.358. The van der Waals surface area contributed by atoms with Gasteiger partial charge in [-0.2, -0.15) is 0 Å². The van der Waals surface area contributed by atoms with E-state index in [2.05, 4.69) is 27.7 Å². The van der Waals surface area contributed by atoms with Crippen molar-refractivity contribution in [3.63, 3.8) is 0 Å². The fourth-order valence-electron chi connectivity index (χ4n) is 9.16. The van der Waals surface area contributed by atoms with Gasteiger partial charge >= 0.3 is 5.97 Å². The Morgan fingerprint density at radius 1 is 1.07 bits per heavy atom. The highest BCUT2D eigenvalue weighted by Gasteiger charge is 2.65. The lowest BCUT2D eigenvalue weighted by atomic mass is 9.42. The van der Waals surface area contributed by atoms with Gasteiger partial charge in [0, 0.05) is 18.3 Å². The maximum atomic E-state index is 13.9. The van der Waals surface area contributed by atoms with Crippen LogP contribution >= 0.6 is 0 Å². The highest BCUT2D eigenvalue weighted by molar-refractivity contribution is 5.86. The average Bonchev–Trinajstić information content (AvgIpc) is 3.05. The van der Waals surface area contributed by atoms with Crippen LogP contribution in [0, 0.1) is 52.3 Å². The van der Waals surface area contributed by atoms with E-state index in [-0.39, 0.29) is 35.2 Å². The second-order valence-corrected chi connectivity index (χ2v) is 11.8. The molecule has 4 heteroatoms. The van der Waals surface area contributed by atoms with Gasteiger partial charge in [-0.25, -0.2) is 0 Å². The number of carbonyl (C=O) groups is 2. The third-order valence-corrected chi connectivity index (χ3v) is 10.7. The molecule has 0 aromatic carbocycles. The van der Waals surface area contributed by atoms with Crippen LogP contribution in [0.15, 0.2) is 0 Å². The van der Waals surface area contributed by atoms with E-state index in [1.807, 2.05) is 0 Å². The first kappa shape index (κ1) is 22.3. The first-order valence-corrected chi connectivity index (χ1v) is 12.6. The third kappa shape index (κ3) is 3.27. The number of aliphatic hydroxyl groups excluding tert-OH is 1. The van der Waals surface area contributed by atoms with E-state index in [0.717, 1.165) is 51.4 Å². The number of rotatable bonds is 5. The largest absolute Gasteiger partial charge is 0.481 e. The lowest BCUT2D eigenvalue weighted by Crippen LogP contribution is -2.60. The molecular weight excluding hydrogens is 376 g/mol. The first-order valence-electron chi connectivity index (χ1n) is 12.6. The molecule has 4 aliphatic carbocycles. The number of aliphatic hydroxyl groups is 1. The summed E-state index contributed by atoms with van der Waals surface area (Å²) in [5, 5.41) is 19.5. The number of hydrogen-bond acceptors (Lipinski definition) is 3. The molecule has 0 spiro atoms. The molecule has 0 bridgehead atoms. The zero-order chi connectivity index (χ0) is 21.8. The van der Waals surface area contributed by atoms with Crippen molar-refractivity contribution in [2.75, 3.05) is 0 Å². The minimum atomic E-state index is -0.697. The second-order valence-electron chi connectivity index (χ2n) is 11.8. The van der Waals surface area contributed by atoms with E-state index in [9.17, 15) is 14.7 Å². The molecule has 6 unspecified atom stereocenters. The van der Waals surface area contributed by atoms with Crippen LogP contribution in [0.2, 0.25) is 0 Å². The molecule has 0 aliphatic heterocycles. The maximum absolute atomic E-state index is 13.9. The summed E-state index contributed by atoms with van der Waals surface area (Å²) >= 11 is 0. The van der Waals surface area contributed by atoms with Crippen LogP contribution in [0.1, 0.15) is 91.9 Å². The molecule has 4 aliphatic rings. The van der Waals surface area contributed by atoms with E-state index < -0.39 is 5.97 Å². The Morgan fingerprint density at radius 3 is 2.40 bits per heavy atom. The Hall–Kier alpha value is -0.900. The molecule has 0 radical (unpaired) electrons. The number of carboxylic acid groups (broad SMARTS) is 1.